The first-order valence-electron chi connectivity index (χ1n) is 12.6. The van der Waals surface area contributed by atoms with Crippen LogP contribution in [0.25, 0.3) is 11.3 Å². The Morgan fingerprint density at radius 1 is 1.08 bits per heavy atom. The van der Waals surface area contributed by atoms with Crippen LogP contribution < -0.4 is 5.32 Å². The molecule has 1 amide bonds. The van der Waals surface area contributed by atoms with Crippen molar-refractivity contribution in [2.75, 3.05) is 6.61 Å². The number of ether oxygens (including phenoxy) is 1. The van der Waals surface area contributed by atoms with Crippen molar-refractivity contribution >= 4 is 30.7 Å². The highest BCUT2D eigenvalue weighted by Crippen LogP contribution is 2.29. The van der Waals surface area contributed by atoms with Crippen molar-refractivity contribution in [1.29, 1.82) is 0 Å². The molecule has 10 nitrogen and oxygen atoms in total. The van der Waals surface area contributed by atoms with E-state index in [4.69, 9.17) is 14.0 Å². The standard InChI is InChI=1S/C27H33BN2O8/c1-16(2)13-20(28-37-24(33)15-36-18(4)27(35)38-28)14-23(32)25(17(3)31)30-26(34)22-12-8-11-21(29-22)19-9-6-5-7-10-19/h5-12,16-18,20,25,31H,13-15H2,1-4H3,(H,30,34)/t17-,18-,20-,25+/m1/s1. The van der Waals surface area contributed by atoms with Crippen LogP contribution in [-0.2, 0) is 28.4 Å². The number of nitrogens with one attached hydrogen (secondary N) is 1. The lowest BCUT2D eigenvalue weighted by Gasteiger charge is -2.28. The van der Waals surface area contributed by atoms with Crippen LogP contribution in [0, 0.1) is 5.92 Å². The van der Waals surface area contributed by atoms with Crippen molar-refractivity contribution < 1.29 is 38.3 Å². The van der Waals surface area contributed by atoms with Gasteiger partial charge >= 0.3 is 19.1 Å². The summed E-state index contributed by atoms with van der Waals surface area (Å²) in [5.74, 6) is -3.20. The van der Waals surface area contributed by atoms with Crippen molar-refractivity contribution in [2.24, 2.45) is 5.92 Å². The second-order valence-corrected chi connectivity index (χ2v) is 9.77. The number of nitrogens with zero attached hydrogens (tertiary/aromatic N) is 1. The molecular formula is C27H33BN2O8. The third-order valence-electron chi connectivity index (χ3n) is 6.05. The predicted molar refractivity (Wildman–Crippen MR) is 139 cm³/mol. The van der Waals surface area contributed by atoms with Gasteiger partial charge in [0.25, 0.3) is 5.91 Å². The molecule has 1 aromatic carbocycles. The molecule has 38 heavy (non-hydrogen) atoms. The number of carbonyl (C=O) groups is 4. The Morgan fingerprint density at radius 2 is 1.79 bits per heavy atom. The molecule has 202 valence electrons. The zero-order valence-electron chi connectivity index (χ0n) is 22.0. The highest BCUT2D eigenvalue weighted by molar-refractivity contribution is 6.51. The molecule has 2 heterocycles. The zero-order valence-corrected chi connectivity index (χ0v) is 22.0. The highest BCUT2D eigenvalue weighted by Gasteiger charge is 2.43. The van der Waals surface area contributed by atoms with E-state index in [1.165, 1.54) is 19.9 Å². The quantitative estimate of drug-likeness (QED) is 0.449. The average Bonchev–Trinajstić information content (AvgIpc) is 2.88. The van der Waals surface area contributed by atoms with Crippen LogP contribution in [0.2, 0.25) is 5.82 Å². The summed E-state index contributed by atoms with van der Waals surface area (Å²) in [6.45, 7) is 6.25. The van der Waals surface area contributed by atoms with Gasteiger partial charge in [-0.25, -0.2) is 4.98 Å². The minimum Gasteiger partial charge on any atom is -0.497 e. The van der Waals surface area contributed by atoms with Gasteiger partial charge in [-0.15, -0.1) is 0 Å². The summed E-state index contributed by atoms with van der Waals surface area (Å²) in [5.41, 5.74) is 1.49. The second-order valence-electron chi connectivity index (χ2n) is 9.77. The smallest absolute Gasteiger partial charge is 0.497 e. The molecule has 1 saturated heterocycles. The molecule has 1 fully saturated rings. The maximum absolute atomic E-state index is 13.4. The molecule has 1 aromatic heterocycles. The Kier molecular flexibility index (Phi) is 10.1. The number of pyridine rings is 1. The summed E-state index contributed by atoms with van der Waals surface area (Å²) in [4.78, 5) is 55.2. The van der Waals surface area contributed by atoms with Gasteiger partial charge in [0.2, 0.25) is 0 Å². The third kappa shape index (κ3) is 7.96. The summed E-state index contributed by atoms with van der Waals surface area (Å²) in [5, 5.41) is 13.0. The normalized spacial score (nSPS) is 18.5. The molecule has 3 rings (SSSR count). The van der Waals surface area contributed by atoms with E-state index in [1.807, 2.05) is 44.2 Å². The molecule has 2 N–H and O–H groups in total. The summed E-state index contributed by atoms with van der Waals surface area (Å²) in [7, 11) is -1.30. The van der Waals surface area contributed by atoms with Gasteiger partial charge in [-0.3, -0.25) is 19.2 Å². The van der Waals surface area contributed by atoms with Crippen LogP contribution in [0.3, 0.4) is 0 Å². The van der Waals surface area contributed by atoms with Crippen LogP contribution in [0.5, 0.6) is 0 Å². The maximum Gasteiger partial charge on any atom is 0.602 e. The first-order chi connectivity index (χ1) is 18.0. The van der Waals surface area contributed by atoms with Crippen molar-refractivity contribution in [3.05, 3.63) is 54.2 Å². The number of aliphatic hydroxyl groups is 1. The molecule has 0 radical (unpaired) electrons. The summed E-state index contributed by atoms with van der Waals surface area (Å²) < 4.78 is 15.8. The van der Waals surface area contributed by atoms with E-state index in [1.54, 1.807) is 12.1 Å². The maximum atomic E-state index is 13.4. The van der Waals surface area contributed by atoms with E-state index in [0.29, 0.717) is 12.1 Å². The summed E-state index contributed by atoms with van der Waals surface area (Å²) in [6, 6.07) is 13.0. The molecule has 0 saturated carbocycles. The van der Waals surface area contributed by atoms with E-state index in [9.17, 15) is 24.3 Å². The topological polar surface area (TPSA) is 141 Å². The number of aliphatic hydroxyl groups excluding tert-OH is 1. The number of rotatable bonds is 10. The number of hydrogen-bond acceptors (Lipinski definition) is 9. The van der Waals surface area contributed by atoms with Crippen LogP contribution in [0.4, 0.5) is 0 Å². The van der Waals surface area contributed by atoms with Crippen molar-refractivity contribution in [2.45, 2.75) is 64.6 Å². The van der Waals surface area contributed by atoms with E-state index in [2.05, 4.69) is 10.3 Å². The van der Waals surface area contributed by atoms with E-state index in [0.717, 1.165) is 5.56 Å². The number of hydrogen-bond donors (Lipinski definition) is 2. The van der Waals surface area contributed by atoms with E-state index < -0.39 is 61.4 Å². The molecule has 0 unspecified atom stereocenters. The van der Waals surface area contributed by atoms with Gasteiger partial charge in [0.1, 0.15) is 18.3 Å². The van der Waals surface area contributed by atoms with Gasteiger partial charge in [0.05, 0.1) is 11.8 Å². The molecular weight excluding hydrogens is 491 g/mol. The van der Waals surface area contributed by atoms with Crippen molar-refractivity contribution in [1.82, 2.24) is 10.3 Å². The van der Waals surface area contributed by atoms with Crippen LogP contribution in [-0.4, -0.2) is 65.7 Å². The Balaban J connectivity index is 1.77. The SMILES string of the molecule is CC(C)C[C@H](CC(=O)[C@@H](NC(=O)c1cccc(-c2ccccc2)n1)[C@@H](C)O)B1OC(=O)CO[C@H](C)C(=O)O1. The minimum atomic E-state index is -1.30. The first kappa shape index (κ1) is 29.0. The van der Waals surface area contributed by atoms with Crippen LogP contribution in [0.15, 0.2) is 48.5 Å². The summed E-state index contributed by atoms with van der Waals surface area (Å²) >= 11 is 0. The lowest BCUT2D eigenvalue weighted by molar-refractivity contribution is -0.160. The molecule has 0 spiro atoms. The highest BCUT2D eigenvalue weighted by atomic mass is 16.7. The Morgan fingerprint density at radius 3 is 2.45 bits per heavy atom. The molecule has 2 aromatic rings. The van der Waals surface area contributed by atoms with Gasteiger partial charge in [0, 0.05) is 17.8 Å². The number of Topliss-reactive ketones (excluding diaryl/α,β-unsaturated/α-hetero) is 1. The minimum absolute atomic E-state index is 0.0637. The largest absolute Gasteiger partial charge is 0.602 e. The van der Waals surface area contributed by atoms with Gasteiger partial charge in [-0.1, -0.05) is 50.2 Å². The molecule has 11 heteroatoms. The Hall–Kier alpha value is -3.57. The number of ketones is 1. The zero-order chi connectivity index (χ0) is 27.8. The fourth-order valence-electron chi connectivity index (χ4n) is 4.15. The van der Waals surface area contributed by atoms with E-state index in [-0.39, 0.29) is 18.0 Å². The van der Waals surface area contributed by atoms with E-state index >= 15 is 0 Å². The monoisotopic (exact) mass is 524 g/mol. The third-order valence-corrected chi connectivity index (χ3v) is 6.05. The average molecular weight is 524 g/mol. The number of carbonyl (C=O) groups excluding carboxylic acids is 4. The van der Waals surface area contributed by atoms with Gasteiger partial charge in [0.15, 0.2) is 11.9 Å². The Labute approximate surface area is 222 Å². The predicted octanol–water partition coefficient (Wildman–Crippen LogP) is 2.60. The molecule has 1 aliphatic heterocycles. The van der Waals surface area contributed by atoms with Gasteiger partial charge < -0.3 is 24.5 Å². The fraction of sp³-hybridized carbons (Fsp3) is 0.444. The lowest BCUT2D eigenvalue weighted by atomic mass is 9.64. The second kappa shape index (κ2) is 13.3. The van der Waals surface area contributed by atoms with Gasteiger partial charge in [-0.05, 0) is 38.3 Å². The lowest BCUT2D eigenvalue weighted by Crippen LogP contribution is -2.49. The first-order valence-corrected chi connectivity index (χ1v) is 12.6. The van der Waals surface area contributed by atoms with Crippen molar-refractivity contribution in [3.8, 4) is 11.3 Å². The summed E-state index contributed by atoms with van der Waals surface area (Å²) in [6.07, 6.45) is -2.03. The Bertz CT molecular complexity index is 1140. The molecule has 0 bridgehead atoms. The molecule has 1 aliphatic rings. The van der Waals surface area contributed by atoms with Crippen LogP contribution >= 0.6 is 0 Å². The molecule has 4 atom stereocenters. The number of benzene rings is 1. The number of aromatic nitrogens is 1. The number of amides is 1. The fourth-order valence-corrected chi connectivity index (χ4v) is 4.15. The van der Waals surface area contributed by atoms with Crippen molar-refractivity contribution in [3.63, 3.8) is 0 Å². The molecule has 0 aliphatic carbocycles. The van der Waals surface area contributed by atoms with Gasteiger partial charge in [-0.2, -0.15) is 0 Å². The van der Waals surface area contributed by atoms with Crippen LogP contribution in [0.1, 0.15) is 51.0 Å².